The third-order valence-electron chi connectivity index (χ3n) is 6.04. The molecule has 3 aromatic heterocycles. The highest BCUT2D eigenvalue weighted by atomic mass is 16.4. The monoisotopic (exact) mass is 398 g/mol. The van der Waals surface area contributed by atoms with E-state index in [9.17, 15) is 9.59 Å². The van der Waals surface area contributed by atoms with E-state index in [1.165, 1.54) is 29.9 Å². The Morgan fingerprint density at radius 1 is 1.21 bits per heavy atom. The van der Waals surface area contributed by atoms with Crippen LogP contribution in [0.25, 0.3) is 17.0 Å². The lowest BCUT2D eigenvalue weighted by atomic mass is 9.70. The minimum atomic E-state index is -1.09. The first kappa shape index (κ1) is 19.4. The molecule has 0 radical (unpaired) electrons. The van der Waals surface area contributed by atoms with Gasteiger partial charge in [-0.3, -0.25) is 14.5 Å². The highest BCUT2D eigenvalue weighted by molar-refractivity contribution is 5.87. The smallest absolute Gasteiger partial charge is 0.338 e. The quantitative estimate of drug-likeness (QED) is 0.697. The van der Waals surface area contributed by atoms with Gasteiger partial charge in [-0.15, -0.1) is 0 Å². The van der Waals surface area contributed by atoms with E-state index in [1.54, 1.807) is 10.9 Å². The lowest BCUT2D eigenvalue weighted by Crippen LogP contribution is -2.28. The molecule has 1 saturated carbocycles. The number of hydrogen-bond donors (Lipinski definition) is 2. The summed E-state index contributed by atoms with van der Waals surface area (Å²) >= 11 is 0. The van der Waals surface area contributed by atoms with Gasteiger partial charge in [0.15, 0.2) is 5.52 Å². The highest BCUT2D eigenvalue weighted by Gasteiger charge is 2.30. The van der Waals surface area contributed by atoms with Crippen LogP contribution in [-0.4, -0.2) is 40.6 Å². The number of carboxylic acids is 1. The van der Waals surface area contributed by atoms with Crippen LogP contribution in [0.4, 0.5) is 0 Å². The topological polar surface area (TPSA) is 119 Å². The van der Waals surface area contributed by atoms with Crippen molar-refractivity contribution in [2.45, 2.75) is 53.0 Å². The van der Waals surface area contributed by atoms with Gasteiger partial charge in [0.25, 0.3) is 5.56 Å². The first-order valence-electron chi connectivity index (χ1n) is 9.96. The second kappa shape index (κ2) is 7.13. The van der Waals surface area contributed by atoms with Crippen molar-refractivity contribution >= 4 is 17.0 Å². The predicted molar refractivity (Wildman–Crippen MR) is 107 cm³/mol. The van der Waals surface area contributed by atoms with Crippen LogP contribution in [-0.2, 0) is 6.54 Å². The van der Waals surface area contributed by atoms with Crippen molar-refractivity contribution in [2.24, 2.45) is 17.3 Å². The minimum absolute atomic E-state index is 0.0225. The zero-order valence-electron chi connectivity index (χ0n) is 16.9. The maximum atomic E-state index is 12.7. The summed E-state index contributed by atoms with van der Waals surface area (Å²) in [5.41, 5.74) is 0.970. The van der Waals surface area contributed by atoms with Crippen molar-refractivity contribution in [1.29, 1.82) is 0 Å². The minimum Gasteiger partial charge on any atom is -0.478 e. The molecule has 1 aliphatic rings. The summed E-state index contributed by atoms with van der Waals surface area (Å²) in [5, 5.41) is 17.4. The number of fused-ring (bicyclic) bond motifs is 1. The van der Waals surface area contributed by atoms with Gasteiger partial charge in [0, 0.05) is 12.7 Å². The third kappa shape index (κ3) is 3.81. The van der Waals surface area contributed by atoms with Crippen molar-refractivity contribution in [2.75, 3.05) is 0 Å². The Balaban J connectivity index is 1.55. The molecule has 154 valence electrons. The number of aromatic carboxylic acids is 1. The number of aromatic amines is 1. The van der Waals surface area contributed by atoms with E-state index in [4.69, 9.17) is 5.11 Å². The number of nitrogens with one attached hydrogen (secondary N) is 1. The van der Waals surface area contributed by atoms with E-state index in [0.29, 0.717) is 28.9 Å². The van der Waals surface area contributed by atoms with Gasteiger partial charge in [-0.05, 0) is 42.9 Å². The number of rotatable bonds is 4. The predicted octanol–water partition coefficient (Wildman–Crippen LogP) is 2.86. The van der Waals surface area contributed by atoms with Crippen LogP contribution in [0.15, 0.2) is 23.4 Å². The van der Waals surface area contributed by atoms with Crippen LogP contribution in [0.5, 0.6) is 0 Å². The van der Waals surface area contributed by atoms with E-state index >= 15 is 0 Å². The average Bonchev–Trinajstić information content (AvgIpc) is 3.29. The fraction of sp³-hybridized carbons (Fsp3) is 0.550. The number of nitrogens with zero attached hydrogens (tertiary/aromatic N) is 5. The van der Waals surface area contributed by atoms with Crippen LogP contribution < -0.4 is 5.56 Å². The van der Waals surface area contributed by atoms with Crippen LogP contribution in [0.1, 0.15) is 56.8 Å². The number of carboxylic acid groups (broad SMARTS) is 1. The Kier molecular flexibility index (Phi) is 4.76. The Hall–Kier alpha value is -2.97. The Bertz CT molecular complexity index is 1100. The summed E-state index contributed by atoms with van der Waals surface area (Å²) in [5.74, 6) is 0.319. The van der Waals surface area contributed by atoms with Gasteiger partial charge in [0.05, 0.1) is 18.0 Å². The van der Waals surface area contributed by atoms with Crippen molar-refractivity contribution in [3.63, 3.8) is 0 Å². The Labute approximate surface area is 167 Å². The molecule has 9 nitrogen and oxygen atoms in total. The molecule has 0 atom stereocenters. The summed E-state index contributed by atoms with van der Waals surface area (Å²) in [4.78, 5) is 30.8. The summed E-state index contributed by atoms with van der Waals surface area (Å²) < 4.78 is 2.99. The van der Waals surface area contributed by atoms with Crippen molar-refractivity contribution < 1.29 is 9.90 Å². The van der Waals surface area contributed by atoms with Crippen LogP contribution in [0, 0.1) is 17.3 Å². The molecule has 0 aliphatic heterocycles. The van der Waals surface area contributed by atoms with E-state index in [2.05, 4.69) is 40.9 Å². The SMILES string of the molecule is CC(C)(C)C1CCC(Cn2ncc3nc(-n4cc(C(=O)O)cn4)[nH]c(=O)c32)CC1. The van der Waals surface area contributed by atoms with Gasteiger partial charge in [-0.1, -0.05) is 20.8 Å². The molecule has 0 bridgehead atoms. The molecule has 0 amide bonds. The number of carbonyl (C=O) groups is 1. The summed E-state index contributed by atoms with van der Waals surface area (Å²) in [7, 11) is 0. The molecular formula is C20H26N6O3. The van der Waals surface area contributed by atoms with Gasteiger partial charge in [-0.2, -0.15) is 10.2 Å². The summed E-state index contributed by atoms with van der Waals surface area (Å²) in [6, 6.07) is 0. The zero-order valence-corrected chi connectivity index (χ0v) is 16.9. The van der Waals surface area contributed by atoms with Gasteiger partial charge in [0.1, 0.15) is 5.52 Å². The maximum absolute atomic E-state index is 12.7. The van der Waals surface area contributed by atoms with E-state index in [0.717, 1.165) is 18.8 Å². The van der Waals surface area contributed by atoms with Crippen molar-refractivity contribution in [1.82, 2.24) is 29.5 Å². The zero-order chi connectivity index (χ0) is 20.8. The summed E-state index contributed by atoms with van der Waals surface area (Å²) in [6.07, 6.45) is 8.79. The van der Waals surface area contributed by atoms with Crippen molar-refractivity contribution in [3.8, 4) is 5.95 Å². The van der Waals surface area contributed by atoms with Gasteiger partial charge in [-0.25, -0.2) is 14.5 Å². The molecule has 0 aromatic carbocycles. The van der Waals surface area contributed by atoms with Gasteiger partial charge < -0.3 is 5.11 Å². The molecule has 0 unspecified atom stereocenters. The van der Waals surface area contributed by atoms with Crippen molar-refractivity contribution in [3.05, 3.63) is 34.5 Å². The van der Waals surface area contributed by atoms with Gasteiger partial charge in [0.2, 0.25) is 5.95 Å². The molecule has 29 heavy (non-hydrogen) atoms. The normalized spacial score (nSPS) is 20.2. The standard InChI is InChI=1S/C20H26N6O3/c1-20(2,3)14-6-4-12(5-7-14)10-25-16-15(9-22-25)23-19(24-17(16)27)26-11-13(8-21-26)18(28)29/h8-9,11-12,14H,4-7,10H2,1-3H3,(H,28,29)(H,23,24,27). The highest BCUT2D eigenvalue weighted by Crippen LogP contribution is 2.40. The molecule has 4 rings (SSSR count). The molecule has 0 spiro atoms. The molecule has 0 saturated heterocycles. The molecule has 3 aromatic rings. The van der Waals surface area contributed by atoms with Crippen LogP contribution in [0.3, 0.4) is 0 Å². The number of H-pyrrole nitrogens is 1. The van der Waals surface area contributed by atoms with E-state index < -0.39 is 5.97 Å². The second-order valence-corrected chi connectivity index (χ2v) is 9.01. The first-order valence-corrected chi connectivity index (χ1v) is 9.96. The van der Waals surface area contributed by atoms with E-state index in [-0.39, 0.29) is 17.1 Å². The molecule has 2 N–H and O–H groups in total. The maximum Gasteiger partial charge on any atom is 0.338 e. The van der Waals surface area contributed by atoms with Gasteiger partial charge >= 0.3 is 5.97 Å². The molecule has 1 fully saturated rings. The first-order chi connectivity index (χ1) is 13.7. The van der Waals surface area contributed by atoms with Crippen LogP contribution in [0.2, 0.25) is 0 Å². The fourth-order valence-corrected chi connectivity index (χ4v) is 4.25. The Morgan fingerprint density at radius 3 is 2.55 bits per heavy atom. The lowest BCUT2D eigenvalue weighted by molar-refractivity contribution is 0.0697. The average molecular weight is 398 g/mol. The molecule has 9 heteroatoms. The largest absolute Gasteiger partial charge is 0.478 e. The summed E-state index contributed by atoms with van der Waals surface area (Å²) in [6.45, 7) is 7.62. The third-order valence-corrected chi connectivity index (χ3v) is 6.04. The lowest BCUT2D eigenvalue weighted by Gasteiger charge is -2.37. The second-order valence-electron chi connectivity index (χ2n) is 9.01. The van der Waals surface area contributed by atoms with E-state index in [1.807, 2.05) is 0 Å². The molecule has 3 heterocycles. The van der Waals surface area contributed by atoms with Crippen LogP contribution >= 0.6 is 0 Å². The number of aromatic nitrogens is 6. The molecule has 1 aliphatic carbocycles. The molecular weight excluding hydrogens is 372 g/mol. The fourth-order valence-electron chi connectivity index (χ4n) is 4.25. The number of hydrogen-bond acceptors (Lipinski definition) is 5. The Morgan fingerprint density at radius 2 is 1.93 bits per heavy atom.